The Balaban J connectivity index is 1.55. The van der Waals surface area contributed by atoms with Crippen molar-refractivity contribution in [2.24, 2.45) is 0 Å². The average molecular weight is 417 g/mol. The molecule has 9 nitrogen and oxygen atoms in total. The molecule has 0 aliphatic carbocycles. The fraction of sp³-hybridized carbons (Fsp3) is 0.421. The van der Waals surface area contributed by atoms with E-state index in [4.69, 9.17) is 11.0 Å². The summed E-state index contributed by atoms with van der Waals surface area (Å²) >= 11 is 0. The Labute approximate surface area is 169 Å². The van der Waals surface area contributed by atoms with Crippen LogP contribution in [0.5, 0.6) is 0 Å². The first kappa shape index (κ1) is 21.0. The number of H-pyrrole nitrogens is 1. The second kappa shape index (κ2) is 8.73. The number of nitrogens with two attached hydrogens (primary N) is 1. The maximum absolute atomic E-state index is 12.6. The number of rotatable bonds is 7. The van der Waals surface area contributed by atoms with Crippen molar-refractivity contribution in [3.63, 3.8) is 0 Å². The number of anilines is 1. The molecule has 29 heavy (non-hydrogen) atoms. The highest BCUT2D eigenvalue weighted by Crippen LogP contribution is 2.18. The Morgan fingerprint density at radius 2 is 2.21 bits per heavy atom. The summed E-state index contributed by atoms with van der Waals surface area (Å²) in [5.41, 5.74) is 6.25. The van der Waals surface area contributed by atoms with Crippen LogP contribution in [0.1, 0.15) is 17.7 Å². The molecule has 3 rings (SSSR count). The molecule has 1 aromatic carbocycles. The minimum absolute atomic E-state index is 0.00443. The number of nitrogens with zero attached hydrogens (tertiary/aromatic N) is 4. The summed E-state index contributed by atoms with van der Waals surface area (Å²) in [5.74, 6) is 0.101. The quantitative estimate of drug-likeness (QED) is 0.653. The monoisotopic (exact) mass is 416 g/mol. The first-order valence-corrected chi connectivity index (χ1v) is 10.9. The van der Waals surface area contributed by atoms with Crippen LogP contribution >= 0.6 is 0 Å². The number of nitriles is 1. The van der Waals surface area contributed by atoms with Crippen LogP contribution in [0, 0.1) is 11.3 Å². The molecule has 0 radical (unpaired) electrons. The molecule has 1 unspecified atom stereocenters. The lowest BCUT2D eigenvalue weighted by Gasteiger charge is -2.24. The number of nitrogens with one attached hydrogen (secondary N) is 1. The van der Waals surface area contributed by atoms with Gasteiger partial charge >= 0.3 is 0 Å². The minimum Gasteiger partial charge on any atom is -0.369 e. The van der Waals surface area contributed by atoms with Crippen molar-refractivity contribution in [2.75, 3.05) is 38.2 Å². The number of aromatic amines is 1. The highest BCUT2D eigenvalue weighted by molar-refractivity contribution is 7.91. The van der Waals surface area contributed by atoms with E-state index in [0.717, 1.165) is 19.5 Å². The predicted molar refractivity (Wildman–Crippen MR) is 109 cm³/mol. The standard InChI is InChI=1S/C19H24N6O3S/c1-24(12-15-10-18(26)23-19(21)22-15)16-5-6-25(13-16)7-8-29(27,28)17-4-2-3-14(9-17)11-20/h2-4,9-10,16H,5-8,12-13H2,1H3,(H3,21,22,23,26). The first-order valence-electron chi connectivity index (χ1n) is 9.28. The summed E-state index contributed by atoms with van der Waals surface area (Å²) in [4.78, 5) is 22.5. The van der Waals surface area contributed by atoms with Crippen molar-refractivity contribution >= 4 is 15.8 Å². The predicted octanol–water partition coefficient (Wildman–Crippen LogP) is 0.204. The van der Waals surface area contributed by atoms with Gasteiger partial charge in [0.1, 0.15) is 0 Å². The van der Waals surface area contributed by atoms with E-state index >= 15 is 0 Å². The van der Waals surface area contributed by atoms with Crippen LogP contribution in [-0.4, -0.2) is 66.7 Å². The molecule has 1 aromatic heterocycles. The Kier molecular flexibility index (Phi) is 6.32. The van der Waals surface area contributed by atoms with Crippen LogP contribution in [-0.2, 0) is 16.4 Å². The Bertz CT molecular complexity index is 1080. The van der Waals surface area contributed by atoms with E-state index in [2.05, 4.69) is 19.8 Å². The zero-order chi connectivity index (χ0) is 21.0. The van der Waals surface area contributed by atoms with Gasteiger partial charge in [0, 0.05) is 31.7 Å². The number of likely N-dealkylation sites (tertiary alicyclic amines) is 1. The molecule has 0 saturated carbocycles. The van der Waals surface area contributed by atoms with Crippen molar-refractivity contribution in [3.05, 3.63) is 51.9 Å². The fourth-order valence-electron chi connectivity index (χ4n) is 3.50. The molecule has 154 valence electrons. The van der Waals surface area contributed by atoms with Crippen molar-refractivity contribution in [2.45, 2.75) is 23.9 Å². The van der Waals surface area contributed by atoms with Crippen molar-refractivity contribution in [1.82, 2.24) is 19.8 Å². The van der Waals surface area contributed by atoms with Gasteiger partial charge in [-0.3, -0.25) is 14.7 Å². The van der Waals surface area contributed by atoms with E-state index in [1.807, 2.05) is 13.1 Å². The zero-order valence-corrected chi connectivity index (χ0v) is 17.0. The van der Waals surface area contributed by atoms with Crippen molar-refractivity contribution < 1.29 is 8.42 Å². The normalized spacial score (nSPS) is 17.5. The second-order valence-corrected chi connectivity index (χ2v) is 9.35. The van der Waals surface area contributed by atoms with Crippen LogP contribution in [0.2, 0.25) is 0 Å². The van der Waals surface area contributed by atoms with Gasteiger partial charge in [0.15, 0.2) is 9.84 Å². The third-order valence-corrected chi connectivity index (χ3v) is 6.79. The number of likely N-dealkylation sites (N-methyl/N-ethyl adjacent to an activating group) is 1. The van der Waals surface area contributed by atoms with Gasteiger partial charge in [-0.05, 0) is 38.2 Å². The van der Waals surface area contributed by atoms with Crippen LogP contribution in [0.25, 0.3) is 0 Å². The van der Waals surface area contributed by atoms with Crippen LogP contribution in [0.4, 0.5) is 5.95 Å². The molecular formula is C19H24N6O3S. The van der Waals surface area contributed by atoms with Crippen molar-refractivity contribution in [3.8, 4) is 6.07 Å². The lowest BCUT2D eigenvalue weighted by atomic mass is 10.2. The van der Waals surface area contributed by atoms with Gasteiger partial charge in [-0.15, -0.1) is 0 Å². The molecule has 0 spiro atoms. The van der Waals surface area contributed by atoms with Gasteiger partial charge in [-0.2, -0.15) is 5.26 Å². The smallest absolute Gasteiger partial charge is 0.252 e. The second-order valence-electron chi connectivity index (χ2n) is 7.24. The molecule has 2 aromatic rings. The van der Waals surface area contributed by atoms with Crippen LogP contribution < -0.4 is 11.3 Å². The summed E-state index contributed by atoms with van der Waals surface area (Å²) in [7, 11) is -1.49. The van der Waals surface area contributed by atoms with E-state index < -0.39 is 9.84 Å². The third kappa shape index (κ3) is 5.41. The van der Waals surface area contributed by atoms with Crippen LogP contribution in [0.15, 0.2) is 40.0 Å². The molecule has 0 bridgehead atoms. The first-order chi connectivity index (χ1) is 13.8. The van der Waals surface area contributed by atoms with Gasteiger partial charge in [0.25, 0.3) is 5.56 Å². The molecule has 1 aliphatic rings. The third-order valence-electron chi connectivity index (χ3n) is 5.09. The Morgan fingerprint density at radius 1 is 1.41 bits per heavy atom. The maximum Gasteiger partial charge on any atom is 0.252 e. The summed E-state index contributed by atoms with van der Waals surface area (Å²) < 4.78 is 25.2. The SMILES string of the molecule is CN(Cc1cc(=O)[nH]c(N)n1)C1CCN(CCS(=O)(=O)c2cccc(C#N)c2)C1. The van der Waals surface area contributed by atoms with E-state index in [-0.39, 0.29) is 28.2 Å². The summed E-state index contributed by atoms with van der Waals surface area (Å²) in [6.45, 7) is 2.46. The molecule has 1 atom stereocenters. The number of hydrogen-bond acceptors (Lipinski definition) is 8. The van der Waals surface area contributed by atoms with Crippen LogP contribution in [0.3, 0.4) is 0 Å². The van der Waals surface area contributed by atoms with Gasteiger partial charge in [0.05, 0.1) is 28.0 Å². The van der Waals surface area contributed by atoms with Gasteiger partial charge in [-0.1, -0.05) is 6.07 Å². The molecule has 0 amide bonds. The number of aromatic nitrogens is 2. The van der Waals surface area contributed by atoms with E-state index in [9.17, 15) is 13.2 Å². The maximum atomic E-state index is 12.6. The molecule has 1 saturated heterocycles. The number of hydrogen-bond donors (Lipinski definition) is 2. The topological polar surface area (TPSA) is 136 Å². The molecule has 1 aliphatic heterocycles. The zero-order valence-electron chi connectivity index (χ0n) is 16.2. The van der Waals surface area contributed by atoms with Gasteiger partial charge in [-0.25, -0.2) is 13.4 Å². The number of sulfone groups is 1. The average Bonchev–Trinajstić information content (AvgIpc) is 3.15. The van der Waals surface area contributed by atoms with Gasteiger partial charge in [0.2, 0.25) is 5.95 Å². The minimum atomic E-state index is -3.44. The fourth-order valence-corrected chi connectivity index (χ4v) is 4.82. The lowest BCUT2D eigenvalue weighted by molar-refractivity contribution is 0.225. The largest absolute Gasteiger partial charge is 0.369 e. The highest BCUT2D eigenvalue weighted by atomic mass is 32.2. The van der Waals surface area contributed by atoms with Gasteiger partial charge < -0.3 is 10.6 Å². The highest BCUT2D eigenvalue weighted by Gasteiger charge is 2.27. The molecule has 3 N–H and O–H groups in total. The Morgan fingerprint density at radius 3 is 2.93 bits per heavy atom. The summed E-state index contributed by atoms with van der Waals surface area (Å²) in [6, 6.07) is 9.75. The number of nitrogen functional groups attached to an aromatic ring is 1. The molecule has 1 fully saturated rings. The van der Waals surface area contributed by atoms with E-state index in [1.165, 1.54) is 18.2 Å². The summed E-state index contributed by atoms with van der Waals surface area (Å²) in [5, 5.41) is 8.96. The summed E-state index contributed by atoms with van der Waals surface area (Å²) in [6.07, 6.45) is 0.902. The molecule has 2 heterocycles. The van der Waals surface area contributed by atoms with Crippen molar-refractivity contribution in [1.29, 1.82) is 5.26 Å². The Hall–Kier alpha value is -2.74. The molecular weight excluding hydrogens is 392 g/mol. The number of benzene rings is 1. The van der Waals surface area contributed by atoms with E-state index in [1.54, 1.807) is 12.1 Å². The molecule has 10 heteroatoms. The lowest BCUT2D eigenvalue weighted by Crippen LogP contribution is -2.36. The van der Waals surface area contributed by atoms with E-state index in [0.29, 0.717) is 24.3 Å².